The molecule has 0 aromatic heterocycles. The molecule has 0 saturated heterocycles. The molecular weight excluding hydrogens is 264 g/mol. The van der Waals surface area contributed by atoms with Gasteiger partial charge in [-0.1, -0.05) is 18.2 Å². The lowest BCUT2D eigenvalue weighted by molar-refractivity contribution is -0.146. The summed E-state index contributed by atoms with van der Waals surface area (Å²) < 4.78 is 5.48. The van der Waals surface area contributed by atoms with Crippen molar-refractivity contribution in [3.63, 3.8) is 0 Å². The number of para-hydroxylation sites is 1. The second-order valence-electron chi connectivity index (χ2n) is 4.44. The highest BCUT2D eigenvalue weighted by Gasteiger charge is 2.23. The molecule has 7 nitrogen and oxygen atoms in total. The molecule has 2 unspecified atom stereocenters. The molecule has 0 bridgehead atoms. The maximum absolute atomic E-state index is 11.7. The molecule has 0 saturated carbocycles. The molecular formula is C13H16N2O5. The fraction of sp³-hybridized carbons (Fsp3) is 0.385. The van der Waals surface area contributed by atoms with E-state index in [0.717, 1.165) is 11.3 Å². The van der Waals surface area contributed by atoms with Gasteiger partial charge in [-0.25, -0.2) is 9.59 Å². The van der Waals surface area contributed by atoms with Gasteiger partial charge in [0.05, 0.1) is 19.2 Å². The summed E-state index contributed by atoms with van der Waals surface area (Å²) >= 11 is 0. The minimum atomic E-state index is -1.61. The van der Waals surface area contributed by atoms with Crippen LogP contribution in [0.2, 0.25) is 0 Å². The van der Waals surface area contributed by atoms with Crippen molar-refractivity contribution < 1.29 is 24.5 Å². The maximum atomic E-state index is 11.7. The molecule has 1 heterocycles. The van der Waals surface area contributed by atoms with E-state index in [4.69, 9.17) is 14.9 Å². The van der Waals surface area contributed by atoms with E-state index in [2.05, 4.69) is 10.6 Å². The molecule has 108 valence electrons. The van der Waals surface area contributed by atoms with Gasteiger partial charge < -0.3 is 25.6 Å². The largest absolute Gasteiger partial charge is 0.493 e. The average Bonchev–Trinajstić information content (AvgIpc) is 2.45. The zero-order valence-electron chi connectivity index (χ0n) is 10.7. The molecule has 20 heavy (non-hydrogen) atoms. The van der Waals surface area contributed by atoms with Crippen molar-refractivity contribution in [3.8, 4) is 5.75 Å². The van der Waals surface area contributed by atoms with Crippen molar-refractivity contribution in [2.24, 2.45) is 0 Å². The highest BCUT2D eigenvalue weighted by Crippen LogP contribution is 2.31. The van der Waals surface area contributed by atoms with E-state index >= 15 is 0 Å². The lowest BCUT2D eigenvalue weighted by atomic mass is 10.0. The van der Waals surface area contributed by atoms with Gasteiger partial charge in [0.15, 0.2) is 6.10 Å². The minimum Gasteiger partial charge on any atom is -0.493 e. The van der Waals surface area contributed by atoms with E-state index < -0.39 is 18.1 Å². The number of rotatable bonds is 4. The average molecular weight is 280 g/mol. The molecule has 1 aliphatic heterocycles. The Kier molecular flexibility index (Phi) is 4.41. The van der Waals surface area contributed by atoms with Gasteiger partial charge >= 0.3 is 12.0 Å². The molecule has 2 amide bonds. The molecule has 1 aromatic rings. The number of carbonyl (C=O) groups excluding carboxylic acids is 1. The summed E-state index contributed by atoms with van der Waals surface area (Å²) in [5.74, 6) is -0.642. The molecule has 0 spiro atoms. The topological polar surface area (TPSA) is 108 Å². The van der Waals surface area contributed by atoms with E-state index in [1.807, 2.05) is 24.3 Å². The minimum absolute atomic E-state index is 0.193. The number of urea groups is 1. The molecule has 2 rings (SSSR count). The lowest BCUT2D eigenvalue weighted by Gasteiger charge is -2.26. The molecule has 0 radical (unpaired) electrons. The van der Waals surface area contributed by atoms with Crippen molar-refractivity contribution in [2.75, 3.05) is 13.2 Å². The molecule has 7 heteroatoms. The highest BCUT2D eigenvalue weighted by molar-refractivity contribution is 5.77. The van der Waals surface area contributed by atoms with Crippen LogP contribution in [0.25, 0.3) is 0 Å². The number of nitrogens with one attached hydrogen (secondary N) is 2. The number of carbonyl (C=O) groups is 2. The summed E-state index contributed by atoms with van der Waals surface area (Å²) in [6, 6.07) is 6.69. The van der Waals surface area contributed by atoms with Crippen molar-refractivity contribution >= 4 is 12.0 Å². The van der Waals surface area contributed by atoms with Crippen LogP contribution in [0.1, 0.15) is 18.0 Å². The fourth-order valence-corrected chi connectivity index (χ4v) is 1.98. The van der Waals surface area contributed by atoms with E-state index in [-0.39, 0.29) is 12.6 Å². The SMILES string of the molecule is O=C(NCC(O)C(=O)O)NC1CCOc2ccccc21. The monoisotopic (exact) mass is 280 g/mol. The third-order valence-corrected chi connectivity index (χ3v) is 3.00. The number of carboxylic acid groups (broad SMARTS) is 1. The van der Waals surface area contributed by atoms with Crippen LogP contribution in [0.5, 0.6) is 5.75 Å². The number of aliphatic carboxylic acids is 1. The van der Waals surface area contributed by atoms with Crippen molar-refractivity contribution in [2.45, 2.75) is 18.6 Å². The first-order valence-electron chi connectivity index (χ1n) is 6.25. The van der Waals surface area contributed by atoms with Crippen LogP contribution in [-0.4, -0.2) is 41.5 Å². The Labute approximate surface area is 115 Å². The van der Waals surface area contributed by atoms with Crippen molar-refractivity contribution in [1.29, 1.82) is 0 Å². The van der Waals surface area contributed by atoms with Crippen molar-refractivity contribution in [3.05, 3.63) is 29.8 Å². The second kappa shape index (κ2) is 6.25. The maximum Gasteiger partial charge on any atom is 0.334 e. The van der Waals surface area contributed by atoms with E-state index in [1.54, 1.807) is 0 Å². The fourth-order valence-electron chi connectivity index (χ4n) is 1.98. The summed E-state index contributed by atoms with van der Waals surface area (Å²) in [6.07, 6.45) is -0.978. The Bertz CT molecular complexity index is 505. The standard InChI is InChI=1S/C13H16N2O5/c16-10(12(17)18)7-14-13(19)15-9-5-6-20-11-4-2-1-3-8(9)11/h1-4,9-10,16H,5-7H2,(H,17,18)(H2,14,15,19). The highest BCUT2D eigenvalue weighted by atomic mass is 16.5. The lowest BCUT2D eigenvalue weighted by Crippen LogP contribution is -2.44. The molecule has 4 N–H and O–H groups in total. The smallest absolute Gasteiger partial charge is 0.334 e. The summed E-state index contributed by atoms with van der Waals surface area (Å²) in [5.41, 5.74) is 0.882. The number of ether oxygens (including phenoxy) is 1. The Morgan fingerprint density at radius 3 is 2.90 bits per heavy atom. The third kappa shape index (κ3) is 3.39. The van der Waals surface area contributed by atoms with E-state index in [0.29, 0.717) is 13.0 Å². The number of aliphatic hydroxyl groups is 1. The molecule has 2 atom stereocenters. The number of fused-ring (bicyclic) bond motifs is 1. The summed E-state index contributed by atoms with van der Waals surface area (Å²) in [4.78, 5) is 22.1. The van der Waals surface area contributed by atoms with E-state index in [9.17, 15) is 9.59 Å². The number of amides is 2. The Morgan fingerprint density at radius 1 is 1.40 bits per heavy atom. The summed E-state index contributed by atoms with van der Waals surface area (Å²) in [5, 5.41) is 22.6. The van der Waals surface area contributed by atoms with Gasteiger partial charge in [-0.2, -0.15) is 0 Å². The Morgan fingerprint density at radius 2 is 2.15 bits per heavy atom. The van der Waals surface area contributed by atoms with Gasteiger partial charge in [-0.3, -0.25) is 0 Å². The quantitative estimate of drug-likeness (QED) is 0.632. The van der Waals surface area contributed by atoms with Crippen molar-refractivity contribution in [1.82, 2.24) is 10.6 Å². The van der Waals surface area contributed by atoms with Crippen LogP contribution in [0.3, 0.4) is 0 Å². The van der Waals surface area contributed by atoms with Crippen LogP contribution >= 0.6 is 0 Å². The summed E-state index contributed by atoms with van der Waals surface area (Å²) in [7, 11) is 0. The molecule has 0 aliphatic carbocycles. The molecule has 0 fully saturated rings. The summed E-state index contributed by atoms with van der Waals surface area (Å²) in [6.45, 7) is 0.158. The Balaban J connectivity index is 1.91. The molecule has 1 aliphatic rings. The molecule has 1 aromatic carbocycles. The van der Waals surface area contributed by atoms with Gasteiger partial charge in [0, 0.05) is 12.0 Å². The number of carboxylic acids is 1. The normalized spacial score (nSPS) is 18.4. The number of aliphatic hydroxyl groups excluding tert-OH is 1. The first-order chi connectivity index (χ1) is 9.58. The zero-order chi connectivity index (χ0) is 14.5. The predicted octanol–water partition coefficient (Wildman–Crippen LogP) is 0.255. The van der Waals surface area contributed by atoms with Gasteiger partial charge in [0.25, 0.3) is 0 Å². The first kappa shape index (κ1) is 14.1. The Hall–Kier alpha value is -2.28. The van der Waals surface area contributed by atoms with E-state index in [1.165, 1.54) is 0 Å². The second-order valence-corrected chi connectivity index (χ2v) is 4.44. The number of benzene rings is 1. The van der Waals surface area contributed by atoms with Crippen LogP contribution in [0, 0.1) is 0 Å². The van der Waals surface area contributed by atoms with Crippen LogP contribution in [0.15, 0.2) is 24.3 Å². The van der Waals surface area contributed by atoms with Gasteiger partial charge in [0.1, 0.15) is 5.75 Å². The van der Waals surface area contributed by atoms with Gasteiger partial charge in [-0.05, 0) is 6.07 Å². The van der Waals surface area contributed by atoms with Crippen LogP contribution in [0.4, 0.5) is 4.79 Å². The number of hydrogen-bond acceptors (Lipinski definition) is 4. The van der Waals surface area contributed by atoms with Crippen LogP contribution < -0.4 is 15.4 Å². The number of hydrogen-bond donors (Lipinski definition) is 4. The predicted molar refractivity (Wildman–Crippen MR) is 69.5 cm³/mol. The third-order valence-electron chi connectivity index (χ3n) is 3.00. The zero-order valence-corrected chi connectivity index (χ0v) is 10.7. The van der Waals surface area contributed by atoms with Gasteiger partial charge in [0.2, 0.25) is 0 Å². The van der Waals surface area contributed by atoms with Crippen LogP contribution in [-0.2, 0) is 4.79 Å². The van der Waals surface area contributed by atoms with Gasteiger partial charge in [-0.15, -0.1) is 0 Å². The first-order valence-corrected chi connectivity index (χ1v) is 6.25.